The third-order valence-corrected chi connectivity index (χ3v) is 4.65. The summed E-state index contributed by atoms with van der Waals surface area (Å²) in [4.78, 5) is 14.9. The van der Waals surface area contributed by atoms with Gasteiger partial charge in [-0.05, 0) is 53.9 Å². The van der Waals surface area contributed by atoms with Crippen LogP contribution in [-0.4, -0.2) is 29.9 Å². The Morgan fingerprint density at radius 3 is 2.82 bits per heavy atom. The van der Waals surface area contributed by atoms with Crippen LogP contribution < -0.4 is 5.73 Å². The number of nitrogens with zero attached hydrogens (tertiary/aromatic N) is 1. The molecule has 2 rings (SSSR count). The highest BCUT2D eigenvalue weighted by molar-refractivity contribution is 9.11. The fourth-order valence-electron chi connectivity index (χ4n) is 2.17. The number of hydrogen-bond donors (Lipinski definition) is 1. The van der Waals surface area contributed by atoms with Crippen molar-refractivity contribution in [3.63, 3.8) is 0 Å². The lowest BCUT2D eigenvalue weighted by Gasteiger charge is -2.20. The molecule has 0 aromatic carbocycles. The molecule has 0 bridgehead atoms. The minimum atomic E-state index is 0. The van der Waals surface area contributed by atoms with Crippen LogP contribution in [0.4, 0.5) is 0 Å². The van der Waals surface area contributed by atoms with Crippen LogP contribution in [0.25, 0.3) is 0 Å². The number of likely N-dealkylation sites (tertiary alicyclic amines) is 1. The normalized spacial score (nSPS) is 23.6. The van der Waals surface area contributed by atoms with Gasteiger partial charge in [0.1, 0.15) is 0 Å². The second-order valence-electron chi connectivity index (χ2n) is 4.25. The molecular formula is C11H16BrClN2OS. The van der Waals surface area contributed by atoms with E-state index in [0.717, 1.165) is 21.6 Å². The van der Waals surface area contributed by atoms with Crippen molar-refractivity contribution >= 4 is 45.6 Å². The average molecular weight is 340 g/mol. The molecular weight excluding hydrogens is 324 g/mol. The number of carbonyl (C=O) groups is 1. The summed E-state index contributed by atoms with van der Waals surface area (Å²) >= 11 is 4.87. The van der Waals surface area contributed by atoms with Crippen molar-refractivity contribution < 1.29 is 4.79 Å². The third kappa shape index (κ3) is 3.22. The van der Waals surface area contributed by atoms with Gasteiger partial charge in [-0.3, -0.25) is 4.79 Å². The molecule has 17 heavy (non-hydrogen) atoms. The highest BCUT2D eigenvalue weighted by Crippen LogP contribution is 2.28. The Morgan fingerprint density at radius 1 is 1.65 bits per heavy atom. The molecule has 2 atom stereocenters. The van der Waals surface area contributed by atoms with Gasteiger partial charge in [-0.2, -0.15) is 0 Å². The second kappa shape index (κ2) is 6.18. The van der Waals surface area contributed by atoms with E-state index in [1.54, 1.807) is 0 Å². The lowest BCUT2D eigenvalue weighted by molar-refractivity contribution is 0.0748. The zero-order valence-corrected chi connectivity index (χ0v) is 12.8. The van der Waals surface area contributed by atoms with Gasteiger partial charge in [0.15, 0.2) is 0 Å². The smallest absolute Gasteiger partial charge is 0.264 e. The van der Waals surface area contributed by atoms with Gasteiger partial charge in [0.2, 0.25) is 0 Å². The van der Waals surface area contributed by atoms with Crippen molar-refractivity contribution in [1.82, 2.24) is 4.90 Å². The number of rotatable bonds is 2. The molecule has 3 nitrogen and oxygen atoms in total. The van der Waals surface area contributed by atoms with Crippen LogP contribution in [-0.2, 0) is 0 Å². The first-order valence-corrected chi connectivity index (χ1v) is 6.99. The molecule has 0 aliphatic carbocycles. The number of nitrogens with two attached hydrogens (primary N) is 1. The number of amides is 1. The van der Waals surface area contributed by atoms with Crippen LogP contribution in [0.3, 0.4) is 0 Å². The summed E-state index contributed by atoms with van der Waals surface area (Å²) in [5.74, 6) is 0.599. The zero-order valence-electron chi connectivity index (χ0n) is 9.56. The molecule has 1 aliphatic heterocycles. The Kier molecular flexibility index (Phi) is 5.44. The average Bonchev–Trinajstić information content (AvgIpc) is 2.83. The number of hydrogen-bond acceptors (Lipinski definition) is 3. The molecule has 1 saturated heterocycles. The SMILES string of the molecule is CC1CC(CN)CN1C(=O)c1ccc(Br)s1.Cl. The maximum atomic E-state index is 12.2. The molecule has 1 aromatic heterocycles. The van der Waals surface area contributed by atoms with Crippen molar-refractivity contribution in [3.05, 3.63) is 20.8 Å². The predicted octanol–water partition coefficient (Wildman–Crippen LogP) is 2.74. The maximum Gasteiger partial charge on any atom is 0.264 e. The van der Waals surface area contributed by atoms with E-state index in [-0.39, 0.29) is 18.3 Å². The summed E-state index contributed by atoms with van der Waals surface area (Å²) < 4.78 is 0.998. The Hall–Kier alpha value is -0.100. The molecule has 1 amide bonds. The van der Waals surface area contributed by atoms with E-state index in [4.69, 9.17) is 5.73 Å². The lowest BCUT2D eigenvalue weighted by Crippen LogP contribution is -2.33. The molecule has 96 valence electrons. The number of thiophene rings is 1. The van der Waals surface area contributed by atoms with Crippen LogP contribution in [0.1, 0.15) is 23.0 Å². The van der Waals surface area contributed by atoms with Crippen LogP contribution in [0.2, 0.25) is 0 Å². The second-order valence-corrected chi connectivity index (χ2v) is 6.71. The lowest BCUT2D eigenvalue weighted by atomic mass is 10.1. The van der Waals surface area contributed by atoms with Gasteiger partial charge in [-0.25, -0.2) is 0 Å². The van der Waals surface area contributed by atoms with Crippen molar-refractivity contribution in [1.29, 1.82) is 0 Å². The standard InChI is InChI=1S/C11H15BrN2OS.ClH/c1-7-4-8(5-13)6-14(7)11(15)9-2-3-10(12)16-9;/h2-3,7-8H,4-6,13H2,1H3;1H. The van der Waals surface area contributed by atoms with Gasteiger partial charge in [-0.1, -0.05) is 0 Å². The Labute approximate surface area is 120 Å². The monoisotopic (exact) mass is 338 g/mol. The van der Waals surface area contributed by atoms with Gasteiger partial charge in [0.25, 0.3) is 5.91 Å². The molecule has 1 aliphatic rings. The van der Waals surface area contributed by atoms with Crippen LogP contribution >= 0.6 is 39.7 Å². The van der Waals surface area contributed by atoms with Gasteiger partial charge in [-0.15, -0.1) is 23.7 Å². The molecule has 0 saturated carbocycles. The van der Waals surface area contributed by atoms with Crippen molar-refractivity contribution in [2.45, 2.75) is 19.4 Å². The van der Waals surface area contributed by atoms with Crippen molar-refractivity contribution in [3.8, 4) is 0 Å². The van der Waals surface area contributed by atoms with Gasteiger partial charge in [0, 0.05) is 12.6 Å². The maximum absolute atomic E-state index is 12.2. The highest BCUT2D eigenvalue weighted by atomic mass is 79.9. The van der Waals surface area contributed by atoms with Crippen LogP contribution in [0.15, 0.2) is 15.9 Å². The summed E-state index contributed by atoms with van der Waals surface area (Å²) in [5, 5.41) is 0. The molecule has 2 unspecified atom stereocenters. The summed E-state index contributed by atoms with van der Waals surface area (Å²) in [6, 6.07) is 4.10. The summed E-state index contributed by atoms with van der Waals surface area (Å²) in [5.41, 5.74) is 5.66. The molecule has 6 heteroatoms. The van der Waals surface area contributed by atoms with E-state index in [0.29, 0.717) is 18.5 Å². The molecule has 1 fully saturated rings. The molecule has 2 heterocycles. The van der Waals surface area contributed by atoms with Crippen LogP contribution in [0.5, 0.6) is 0 Å². The number of carbonyl (C=O) groups excluding carboxylic acids is 1. The summed E-state index contributed by atoms with van der Waals surface area (Å²) in [6.45, 7) is 3.56. The largest absolute Gasteiger partial charge is 0.335 e. The van der Waals surface area contributed by atoms with E-state index >= 15 is 0 Å². The van der Waals surface area contributed by atoms with E-state index < -0.39 is 0 Å². The first-order chi connectivity index (χ1) is 7.61. The first kappa shape index (κ1) is 15.0. The zero-order chi connectivity index (χ0) is 11.7. The fraction of sp³-hybridized carbons (Fsp3) is 0.545. The molecule has 0 radical (unpaired) electrons. The van der Waals surface area contributed by atoms with E-state index in [1.165, 1.54) is 11.3 Å². The Bertz CT molecular complexity index is 399. The minimum absolute atomic E-state index is 0. The quantitative estimate of drug-likeness (QED) is 0.900. The summed E-state index contributed by atoms with van der Waals surface area (Å²) in [6.07, 6.45) is 1.02. The van der Waals surface area contributed by atoms with E-state index in [1.807, 2.05) is 17.0 Å². The van der Waals surface area contributed by atoms with Crippen LogP contribution in [0, 0.1) is 5.92 Å². The van der Waals surface area contributed by atoms with Crippen molar-refractivity contribution in [2.75, 3.05) is 13.1 Å². The van der Waals surface area contributed by atoms with E-state index in [2.05, 4.69) is 22.9 Å². The third-order valence-electron chi connectivity index (χ3n) is 3.04. The molecule has 1 aromatic rings. The molecule has 2 N–H and O–H groups in total. The van der Waals surface area contributed by atoms with Gasteiger partial charge >= 0.3 is 0 Å². The Balaban J connectivity index is 0.00000144. The van der Waals surface area contributed by atoms with Gasteiger partial charge < -0.3 is 10.6 Å². The predicted molar refractivity (Wildman–Crippen MR) is 76.9 cm³/mol. The molecule has 0 spiro atoms. The Morgan fingerprint density at radius 2 is 2.35 bits per heavy atom. The topological polar surface area (TPSA) is 46.3 Å². The number of halogens is 2. The van der Waals surface area contributed by atoms with Gasteiger partial charge in [0.05, 0.1) is 8.66 Å². The first-order valence-electron chi connectivity index (χ1n) is 5.38. The summed E-state index contributed by atoms with van der Waals surface area (Å²) in [7, 11) is 0. The fourth-order valence-corrected chi connectivity index (χ4v) is 3.51. The van der Waals surface area contributed by atoms with E-state index in [9.17, 15) is 4.79 Å². The van der Waals surface area contributed by atoms with Crippen molar-refractivity contribution in [2.24, 2.45) is 11.7 Å². The minimum Gasteiger partial charge on any atom is -0.335 e. The highest BCUT2D eigenvalue weighted by Gasteiger charge is 2.32.